The van der Waals surface area contributed by atoms with Crippen molar-refractivity contribution in [1.82, 2.24) is 10.2 Å². The second-order valence-corrected chi connectivity index (χ2v) is 6.02. The molecule has 1 aliphatic heterocycles. The van der Waals surface area contributed by atoms with Crippen molar-refractivity contribution in [1.29, 1.82) is 0 Å². The molecule has 1 N–H and O–H groups in total. The van der Waals surface area contributed by atoms with E-state index in [2.05, 4.69) is 17.1 Å². The number of hydrogen-bond acceptors (Lipinski definition) is 5. The van der Waals surface area contributed by atoms with Crippen LogP contribution in [-0.2, 0) is 4.74 Å². The number of carbonyl (C=O) groups excluding carboxylic acids is 1. The second-order valence-electron chi connectivity index (χ2n) is 5.61. The molecule has 7 nitrogen and oxygen atoms in total. The van der Waals surface area contributed by atoms with Gasteiger partial charge in [-0.2, -0.15) is 0 Å². The van der Waals surface area contributed by atoms with Gasteiger partial charge in [-0.1, -0.05) is 17.7 Å². The average Bonchev–Trinajstić information content (AvgIpc) is 2.52. The van der Waals surface area contributed by atoms with Gasteiger partial charge in [-0.25, -0.2) is 0 Å². The van der Waals surface area contributed by atoms with Crippen molar-refractivity contribution in [3.05, 3.63) is 38.9 Å². The Morgan fingerprint density at radius 1 is 1.61 bits per heavy atom. The Morgan fingerprint density at radius 3 is 3.00 bits per heavy atom. The highest BCUT2D eigenvalue weighted by molar-refractivity contribution is 6.34. The van der Waals surface area contributed by atoms with E-state index in [1.165, 1.54) is 18.2 Å². The lowest BCUT2D eigenvalue weighted by Gasteiger charge is -2.37. The zero-order valence-electron chi connectivity index (χ0n) is 13.1. The molecule has 126 valence electrons. The molecule has 2 atom stereocenters. The molecular formula is C15H20ClN3O4. The third-order valence-electron chi connectivity index (χ3n) is 3.96. The maximum atomic E-state index is 12.3. The van der Waals surface area contributed by atoms with E-state index in [0.717, 1.165) is 6.54 Å². The molecule has 1 heterocycles. The van der Waals surface area contributed by atoms with Crippen molar-refractivity contribution in [2.24, 2.45) is 0 Å². The summed E-state index contributed by atoms with van der Waals surface area (Å²) in [7, 11) is 0. The normalized spacial score (nSPS) is 20.0. The maximum Gasteiger partial charge on any atom is 0.283 e. The Labute approximate surface area is 139 Å². The summed E-state index contributed by atoms with van der Waals surface area (Å²) in [6.07, 6.45) is 0. The van der Waals surface area contributed by atoms with Gasteiger partial charge in [0.1, 0.15) is 5.56 Å². The second kappa shape index (κ2) is 7.72. The smallest absolute Gasteiger partial charge is 0.283 e. The molecule has 1 fully saturated rings. The predicted molar refractivity (Wildman–Crippen MR) is 86.9 cm³/mol. The van der Waals surface area contributed by atoms with Crippen LogP contribution >= 0.6 is 11.6 Å². The van der Waals surface area contributed by atoms with Crippen LogP contribution in [0.1, 0.15) is 24.2 Å². The molecule has 1 aliphatic rings. The van der Waals surface area contributed by atoms with Crippen molar-refractivity contribution >= 4 is 23.2 Å². The Balaban J connectivity index is 2.04. The Hall–Kier alpha value is -1.70. The van der Waals surface area contributed by atoms with Crippen molar-refractivity contribution in [2.45, 2.75) is 25.9 Å². The molecule has 1 saturated heterocycles. The van der Waals surface area contributed by atoms with Crippen LogP contribution in [0.2, 0.25) is 5.02 Å². The summed E-state index contributed by atoms with van der Waals surface area (Å²) in [6.45, 7) is 6.57. The molecule has 0 spiro atoms. The maximum absolute atomic E-state index is 12.3. The fourth-order valence-corrected chi connectivity index (χ4v) is 2.99. The summed E-state index contributed by atoms with van der Waals surface area (Å²) in [5.74, 6) is -0.532. The number of morpholine rings is 1. The van der Waals surface area contributed by atoms with Gasteiger partial charge < -0.3 is 10.1 Å². The molecule has 23 heavy (non-hydrogen) atoms. The number of nitrogens with zero attached hydrogens (tertiary/aromatic N) is 2. The topological polar surface area (TPSA) is 84.7 Å². The molecule has 0 bridgehead atoms. The number of amides is 1. The third-order valence-corrected chi connectivity index (χ3v) is 4.27. The van der Waals surface area contributed by atoms with E-state index >= 15 is 0 Å². The van der Waals surface area contributed by atoms with E-state index in [9.17, 15) is 14.9 Å². The SMILES string of the molecule is C[C@H](CNC(=O)c1c(Cl)cccc1[N+](=O)[O-])N1CCOC[C@@H]1C. The van der Waals surface area contributed by atoms with E-state index in [-0.39, 0.29) is 28.4 Å². The Bertz CT molecular complexity index is 596. The summed E-state index contributed by atoms with van der Waals surface area (Å²) in [5.41, 5.74) is -0.385. The number of benzene rings is 1. The van der Waals surface area contributed by atoms with Gasteiger partial charge in [-0.15, -0.1) is 0 Å². The highest BCUT2D eigenvalue weighted by atomic mass is 35.5. The monoisotopic (exact) mass is 341 g/mol. The molecule has 1 aromatic carbocycles. The van der Waals surface area contributed by atoms with Gasteiger partial charge >= 0.3 is 0 Å². The first kappa shape index (κ1) is 17.7. The summed E-state index contributed by atoms with van der Waals surface area (Å²) < 4.78 is 5.39. The number of halogens is 1. The molecule has 0 saturated carbocycles. The number of hydrogen-bond donors (Lipinski definition) is 1. The number of ether oxygens (including phenoxy) is 1. The number of rotatable bonds is 5. The Morgan fingerprint density at radius 2 is 2.35 bits per heavy atom. The largest absolute Gasteiger partial charge is 0.379 e. The van der Waals surface area contributed by atoms with E-state index in [4.69, 9.17) is 16.3 Å². The number of nitro benzene ring substituents is 1. The van der Waals surface area contributed by atoms with Gasteiger partial charge in [0.2, 0.25) is 0 Å². The predicted octanol–water partition coefficient (Wildman–Crippen LogP) is 2.09. The summed E-state index contributed by atoms with van der Waals surface area (Å²) in [6, 6.07) is 4.56. The molecule has 0 unspecified atom stereocenters. The van der Waals surface area contributed by atoms with Crippen LogP contribution in [0.3, 0.4) is 0 Å². The molecule has 8 heteroatoms. The van der Waals surface area contributed by atoms with Crippen molar-refractivity contribution in [3.63, 3.8) is 0 Å². The van der Waals surface area contributed by atoms with E-state index in [0.29, 0.717) is 19.8 Å². The van der Waals surface area contributed by atoms with E-state index in [1.807, 2.05) is 6.92 Å². The van der Waals surface area contributed by atoms with Crippen LogP contribution in [0.5, 0.6) is 0 Å². The molecule has 0 aromatic heterocycles. The minimum Gasteiger partial charge on any atom is -0.379 e. The molecule has 2 rings (SSSR count). The van der Waals surface area contributed by atoms with E-state index in [1.54, 1.807) is 0 Å². The van der Waals surface area contributed by atoms with E-state index < -0.39 is 10.8 Å². The molecule has 1 amide bonds. The summed E-state index contributed by atoms with van der Waals surface area (Å²) in [4.78, 5) is 25.0. The minimum absolute atomic E-state index is 0.0732. The number of carbonyl (C=O) groups is 1. The summed E-state index contributed by atoms with van der Waals surface area (Å²) in [5, 5.41) is 13.9. The lowest BCUT2D eigenvalue weighted by molar-refractivity contribution is -0.385. The van der Waals surface area contributed by atoms with Gasteiger partial charge in [-0.05, 0) is 19.9 Å². The van der Waals surface area contributed by atoms with Crippen LogP contribution in [0.4, 0.5) is 5.69 Å². The lowest BCUT2D eigenvalue weighted by atomic mass is 10.1. The van der Waals surface area contributed by atoms with Gasteiger partial charge in [0.15, 0.2) is 0 Å². The third kappa shape index (κ3) is 4.19. The zero-order chi connectivity index (χ0) is 17.0. The van der Waals surface area contributed by atoms with Crippen LogP contribution < -0.4 is 5.32 Å². The van der Waals surface area contributed by atoms with Crippen molar-refractivity contribution in [3.8, 4) is 0 Å². The zero-order valence-corrected chi connectivity index (χ0v) is 13.9. The van der Waals surface area contributed by atoms with Crippen LogP contribution in [0, 0.1) is 10.1 Å². The molecule has 0 radical (unpaired) electrons. The highest BCUT2D eigenvalue weighted by Crippen LogP contribution is 2.26. The van der Waals surface area contributed by atoms with Gasteiger partial charge in [0.05, 0.1) is 23.2 Å². The van der Waals surface area contributed by atoms with Gasteiger partial charge in [0.25, 0.3) is 11.6 Å². The Kier molecular flexibility index (Phi) is 5.92. The number of nitro groups is 1. The quantitative estimate of drug-likeness (QED) is 0.654. The lowest BCUT2D eigenvalue weighted by Crippen LogP contribution is -2.51. The van der Waals surface area contributed by atoms with Crippen LogP contribution in [-0.4, -0.2) is 54.1 Å². The average molecular weight is 342 g/mol. The number of nitrogens with one attached hydrogen (secondary N) is 1. The highest BCUT2D eigenvalue weighted by Gasteiger charge is 2.26. The first-order valence-corrected chi connectivity index (χ1v) is 7.84. The first-order chi connectivity index (χ1) is 10.9. The molecule has 1 aromatic rings. The molecule has 0 aliphatic carbocycles. The standard InChI is InChI=1S/C15H20ClN3O4/c1-10(18-6-7-23-9-11(18)2)8-17-15(20)14-12(16)4-3-5-13(14)19(21)22/h3-5,10-11H,6-9H2,1-2H3,(H,17,20)/t10-,11+/m1/s1. The van der Waals surface area contributed by atoms with Crippen LogP contribution in [0.25, 0.3) is 0 Å². The van der Waals surface area contributed by atoms with Gasteiger partial charge in [-0.3, -0.25) is 19.8 Å². The van der Waals surface area contributed by atoms with Crippen molar-refractivity contribution in [2.75, 3.05) is 26.3 Å². The van der Waals surface area contributed by atoms with Gasteiger partial charge in [0, 0.05) is 31.2 Å². The first-order valence-electron chi connectivity index (χ1n) is 7.46. The summed E-state index contributed by atoms with van der Waals surface area (Å²) >= 11 is 5.96. The fraction of sp³-hybridized carbons (Fsp3) is 0.533. The van der Waals surface area contributed by atoms with Crippen LogP contribution in [0.15, 0.2) is 18.2 Å². The minimum atomic E-state index is -0.603. The fourth-order valence-electron chi connectivity index (χ4n) is 2.73. The van der Waals surface area contributed by atoms with Crippen molar-refractivity contribution < 1.29 is 14.5 Å². The molecular weight excluding hydrogens is 322 g/mol.